The fourth-order valence-electron chi connectivity index (χ4n) is 1.57. The number of fused-ring (bicyclic) bond motifs is 1. The summed E-state index contributed by atoms with van der Waals surface area (Å²) in [6.45, 7) is 3.94. The van der Waals surface area contributed by atoms with Crippen molar-refractivity contribution in [3.63, 3.8) is 0 Å². The summed E-state index contributed by atoms with van der Waals surface area (Å²) in [5.74, 6) is 0.675. The van der Waals surface area contributed by atoms with Gasteiger partial charge in [0.15, 0.2) is 11.5 Å². The first-order valence-electron chi connectivity index (χ1n) is 5.45. The molecule has 0 saturated carbocycles. The van der Waals surface area contributed by atoms with E-state index >= 15 is 0 Å². The highest BCUT2D eigenvalue weighted by molar-refractivity contribution is 5.67. The fourth-order valence-corrected chi connectivity index (χ4v) is 1.57. The third-order valence-electron chi connectivity index (χ3n) is 2.34. The minimum atomic E-state index is -0.451. The molecule has 1 amide bonds. The quantitative estimate of drug-likeness (QED) is 0.874. The van der Waals surface area contributed by atoms with Crippen molar-refractivity contribution in [2.75, 3.05) is 6.61 Å². The number of aromatic nitrogens is 3. The van der Waals surface area contributed by atoms with Crippen molar-refractivity contribution >= 4 is 11.7 Å². The van der Waals surface area contributed by atoms with Crippen molar-refractivity contribution in [2.45, 2.75) is 19.9 Å². The molecule has 1 atom stereocenters. The molecule has 2 heterocycles. The van der Waals surface area contributed by atoms with Crippen LogP contribution in [0.25, 0.3) is 5.65 Å². The van der Waals surface area contributed by atoms with Gasteiger partial charge in [0.05, 0.1) is 12.6 Å². The topological polar surface area (TPSA) is 68.5 Å². The summed E-state index contributed by atoms with van der Waals surface area (Å²) in [4.78, 5) is 11.3. The molecule has 2 rings (SSSR count). The molecule has 1 N–H and O–H groups in total. The lowest BCUT2D eigenvalue weighted by atomic mass is 10.3. The minimum absolute atomic E-state index is 0.258. The average molecular weight is 234 g/mol. The zero-order valence-corrected chi connectivity index (χ0v) is 9.75. The number of amides is 1. The second-order valence-electron chi connectivity index (χ2n) is 3.57. The molecule has 2 aromatic rings. The van der Waals surface area contributed by atoms with Gasteiger partial charge in [-0.15, -0.1) is 10.2 Å². The Balaban J connectivity index is 2.19. The molecule has 90 valence electrons. The maximum atomic E-state index is 11.3. The third-order valence-corrected chi connectivity index (χ3v) is 2.34. The molecular weight excluding hydrogens is 220 g/mol. The Kier molecular flexibility index (Phi) is 3.22. The van der Waals surface area contributed by atoms with E-state index in [4.69, 9.17) is 4.74 Å². The standard InChI is InChI=1S/C11H14N4O2/c1-3-17-11(16)12-8(2)10-14-13-9-6-4-5-7-15(9)10/h4-8H,3H2,1-2H3,(H,12,16). The number of hydrogen-bond acceptors (Lipinski definition) is 4. The lowest BCUT2D eigenvalue weighted by molar-refractivity contribution is 0.148. The molecule has 17 heavy (non-hydrogen) atoms. The molecule has 0 saturated heterocycles. The number of nitrogens with zero attached hydrogens (tertiary/aromatic N) is 3. The van der Waals surface area contributed by atoms with Crippen molar-refractivity contribution in [1.82, 2.24) is 19.9 Å². The molecule has 0 fully saturated rings. The van der Waals surface area contributed by atoms with E-state index in [1.165, 1.54) is 0 Å². The molecule has 0 aliphatic carbocycles. The van der Waals surface area contributed by atoms with Crippen LogP contribution in [0, 0.1) is 0 Å². The van der Waals surface area contributed by atoms with E-state index in [9.17, 15) is 4.79 Å². The summed E-state index contributed by atoms with van der Waals surface area (Å²) < 4.78 is 6.65. The van der Waals surface area contributed by atoms with Crippen LogP contribution in [0.1, 0.15) is 25.7 Å². The smallest absolute Gasteiger partial charge is 0.407 e. The summed E-state index contributed by atoms with van der Waals surface area (Å²) in [5, 5.41) is 10.8. The van der Waals surface area contributed by atoms with E-state index in [0.717, 1.165) is 5.65 Å². The first-order valence-corrected chi connectivity index (χ1v) is 5.45. The van der Waals surface area contributed by atoms with Gasteiger partial charge in [-0.1, -0.05) is 6.07 Å². The Bertz CT molecular complexity index is 523. The van der Waals surface area contributed by atoms with Crippen LogP contribution < -0.4 is 5.32 Å². The SMILES string of the molecule is CCOC(=O)NC(C)c1nnc2ccccn12. The number of carbonyl (C=O) groups excluding carboxylic acids is 1. The molecule has 0 aliphatic rings. The highest BCUT2D eigenvalue weighted by Gasteiger charge is 2.15. The van der Waals surface area contributed by atoms with E-state index in [1.807, 2.05) is 35.7 Å². The summed E-state index contributed by atoms with van der Waals surface area (Å²) in [5.41, 5.74) is 0.750. The summed E-state index contributed by atoms with van der Waals surface area (Å²) >= 11 is 0. The van der Waals surface area contributed by atoms with Crippen LogP contribution in [-0.4, -0.2) is 27.3 Å². The normalized spacial score (nSPS) is 12.4. The summed E-state index contributed by atoms with van der Waals surface area (Å²) in [6.07, 6.45) is 1.40. The van der Waals surface area contributed by atoms with Gasteiger partial charge in [-0.25, -0.2) is 4.79 Å². The number of alkyl carbamates (subject to hydrolysis) is 1. The van der Waals surface area contributed by atoms with Crippen LogP contribution in [0.2, 0.25) is 0 Å². The van der Waals surface area contributed by atoms with Crippen molar-refractivity contribution in [3.05, 3.63) is 30.2 Å². The highest BCUT2D eigenvalue weighted by atomic mass is 16.5. The monoisotopic (exact) mass is 234 g/mol. The number of pyridine rings is 1. The molecular formula is C11H14N4O2. The van der Waals surface area contributed by atoms with Gasteiger partial charge in [-0.05, 0) is 26.0 Å². The van der Waals surface area contributed by atoms with Crippen LogP contribution in [0.4, 0.5) is 4.79 Å². The summed E-state index contributed by atoms with van der Waals surface area (Å²) in [6, 6.07) is 5.37. The summed E-state index contributed by atoms with van der Waals surface area (Å²) in [7, 11) is 0. The first kappa shape index (κ1) is 11.4. The molecule has 0 spiro atoms. The van der Waals surface area contributed by atoms with Gasteiger partial charge in [0.1, 0.15) is 0 Å². The van der Waals surface area contributed by atoms with Crippen LogP contribution in [0.5, 0.6) is 0 Å². The van der Waals surface area contributed by atoms with Crippen molar-refractivity contribution < 1.29 is 9.53 Å². The van der Waals surface area contributed by atoms with Gasteiger partial charge in [0.25, 0.3) is 0 Å². The molecule has 0 aliphatic heterocycles. The predicted molar refractivity (Wildman–Crippen MR) is 61.6 cm³/mol. The number of carbonyl (C=O) groups is 1. The molecule has 0 bridgehead atoms. The number of ether oxygens (including phenoxy) is 1. The van der Waals surface area contributed by atoms with Crippen LogP contribution >= 0.6 is 0 Å². The molecule has 1 unspecified atom stereocenters. The molecule has 0 aromatic carbocycles. The lowest BCUT2D eigenvalue weighted by Gasteiger charge is -2.11. The minimum Gasteiger partial charge on any atom is -0.450 e. The Hall–Kier alpha value is -2.11. The number of rotatable bonds is 3. The Morgan fingerprint density at radius 1 is 1.53 bits per heavy atom. The second-order valence-corrected chi connectivity index (χ2v) is 3.57. The fraction of sp³-hybridized carbons (Fsp3) is 0.364. The van der Waals surface area contributed by atoms with Crippen molar-refractivity contribution in [1.29, 1.82) is 0 Å². The Labute approximate surface area is 98.6 Å². The van der Waals surface area contributed by atoms with E-state index in [-0.39, 0.29) is 6.04 Å². The highest BCUT2D eigenvalue weighted by Crippen LogP contribution is 2.11. The van der Waals surface area contributed by atoms with Crippen LogP contribution in [0.3, 0.4) is 0 Å². The van der Waals surface area contributed by atoms with Crippen molar-refractivity contribution in [2.24, 2.45) is 0 Å². The maximum Gasteiger partial charge on any atom is 0.407 e. The molecule has 6 heteroatoms. The molecule has 6 nitrogen and oxygen atoms in total. The maximum absolute atomic E-state index is 11.3. The van der Waals surface area contributed by atoms with Gasteiger partial charge in [-0.2, -0.15) is 0 Å². The first-order chi connectivity index (χ1) is 8.22. The Morgan fingerprint density at radius 3 is 3.12 bits per heavy atom. The van der Waals surface area contributed by atoms with Crippen LogP contribution in [-0.2, 0) is 4.74 Å². The van der Waals surface area contributed by atoms with E-state index in [0.29, 0.717) is 12.4 Å². The third kappa shape index (κ3) is 2.35. The second kappa shape index (κ2) is 4.82. The van der Waals surface area contributed by atoms with Crippen molar-refractivity contribution in [3.8, 4) is 0 Å². The Morgan fingerprint density at radius 2 is 2.35 bits per heavy atom. The van der Waals surface area contributed by atoms with Gasteiger partial charge in [-0.3, -0.25) is 4.40 Å². The lowest BCUT2D eigenvalue weighted by Crippen LogP contribution is -2.28. The zero-order valence-electron chi connectivity index (χ0n) is 9.75. The largest absolute Gasteiger partial charge is 0.450 e. The average Bonchev–Trinajstić information content (AvgIpc) is 2.72. The van der Waals surface area contributed by atoms with Gasteiger partial charge >= 0.3 is 6.09 Å². The molecule has 2 aromatic heterocycles. The number of nitrogens with one attached hydrogen (secondary N) is 1. The number of hydrogen-bond donors (Lipinski definition) is 1. The van der Waals surface area contributed by atoms with E-state index in [1.54, 1.807) is 6.92 Å². The molecule has 0 radical (unpaired) electrons. The van der Waals surface area contributed by atoms with Crippen LogP contribution in [0.15, 0.2) is 24.4 Å². The van der Waals surface area contributed by atoms with Gasteiger partial charge in [0, 0.05) is 6.20 Å². The van der Waals surface area contributed by atoms with E-state index in [2.05, 4.69) is 15.5 Å². The van der Waals surface area contributed by atoms with Gasteiger partial charge in [0.2, 0.25) is 0 Å². The van der Waals surface area contributed by atoms with E-state index < -0.39 is 6.09 Å². The van der Waals surface area contributed by atoms with Gasteiger partial charge < -0.3 is 10.1 Å². The zero-order chi connectivity index (χ0) is 12.3. The predicted octanol–water partition coefficient (Wildman–Crippen LogP) is 1.54.